The number of hydrogen-bond acceptors (Lipinski definition) is 3. The van der Waals surface area contributed by atoms with Crippen molar-refractivity contribution < 1.29 is 4.92 Å². The highest BCUT2D eigenvalue weighted by molar-refractivity contribution is 5.45. The van der Waals surface area contributed by atoms with Gasteiger partial charge in [-0.15, -0.1) is 0 Å². The van der Waals surface area contributed by atoms with E-state index in [1.165, 1.54) is 4.57 Å². The Morgan fingerprint density at radius 3 is 2.20 bits per heavy atom. The predicted molar refractivity (Wildman–Crippen MR) is 77.4 cm³/mol. The number of benzene rings is 1. The normalized spacial score (nSPS) is 11.3. The van der Waals surface area contributed by atoms with Crippen LogP contribution in [0.25, 0.3) is 5.69 Å². The Labute approximate surface area is 116 Å². The smallest absolute Gasteiger partial charge is 0.278 e. The minimum Gasteiger partial charge on any atom is -0.278 e. The van der Waals surface area contributed by atoms with Crippen LogP contribution in [0.1, 0.15) is 26.3 Å². The molecule has 0 aliphatic rings. The van der Waals surface area contributed by atoms with Crippen molar-refractivity contribution in [1.82, 2.24) is 4.57 Å². The molecule has 20 heavy (non-hydrogen) atoms. The van der Waals surface area contributed by atoms with E-state index in [9.17, 15) is 14.9 Å². The van der Waals surface area contributed by atoms with Gasteiger partial charge in [-0.1, -0.05) is 39.0 Å². The Morgan fingerprint density at radius 1 is 1.10 bits per heavy atom. The lowest BCUT2D eigenvalue weighted by Gasteiger charge is -2.19. The molecule has 5 nitrogen and oxygen atoms in total. The van der Waals surface area contributed by atoms with Crippen molar-refractivity contribution in [1.29, 1.82) is 0 Å². The summed E-state index contributed by atoms with van der Waals surface area (Å²) in [4.78, 5) is 23.1. The fourth-order valence-electron chi connectivity index (χ4n) is 2.10. The highest BCUT2D eigenvalue weighted by Crippen LogP contribution is 2.28. The second-order valence-electron chi connectivity index (χ2n) is 5.60. The fourth-order valence-corrected chi connectivity index (χ4v) is 2.10. The molecular formula is C15H16N2O3. The van der Waals surface area contributed by atoms with E-state index < -0.39 is 15.9 Å². The zero-order valence-corrected chi connectivity index (χ0v) is 11.7. The van der Waals surface area contributed by atoms with Crippen molar-refractivity contribution in [2.75, 3.05) is 0 Å². The van der Waals surface area contributed by atoms with Crippen LogP contribution >= 0.6 is 0 Å². The largest absolute Gasteiger partial charge is 0.338 e. The SMILES string of the molecule is CC(C)(C)c1ccn(-c2ccccc2)c(=O)c1[N+](=O)[O-]. The minimum absolute atomic E-state index is 0.358. The van der Waals surface area contributed by atoms with Gasteiger partial charge in [-0.25, -0.2) is 0 Å². The van der Waals surface area contributed by atoms with Gasteiger partial charge in [-0.2, -0.15) is 0 Å². The van der Waals surface area contributed by atoms with Crippen LogP contribution in [-0.4, -0.2) is 9.49 Å². The summed E-state index contributed by atoms with van der Waals surface area (Å²) < 4.78 is 1.30. The zero-order chi connectivity index (χ0) is 14.9. The van der Waals surface area contributed by atoms with E-state index in [0.717, 1.165) is 0 Å². The molecule has 0 saturated carbocycles. The summed E-state index contributed by atoms with van der Waals surface area (Å²) in [6, 6.07) is 10.5. The number of pyridine rings is 1. The predicted octanol–water partition coefficient (Wildman–Crippen LogP) is 3.04. The van der Waals surface area contributed by atoms with E-state index >= 15 is 0 Å². The Bertz CT molecular complexity index is 697. The number of nitrogens with zero attached hydrogens (tertiary/aromatic N) is 2. The molecule has 0 fully saturated rings. The van der Waals surface area contributed by atoms with Gasteiger partial charge in [0.25, 0.3) is 0 Å². The van der Waals surface area contributed by atoms with Crippen LogP contribution in [0.5, 0.6) is 0 Å². The van der Waals surface area contributed by atoms with Crippen molar-refractivity contribution in [3.8, 4) is 5.69 Å². The molecule has 0 bridgehead atoms. The molecule has 2 aromatic rings. The fraction of sp³-hybridized carbons (Fsp3) is 0.267. The van der Waals surface area contributed by atoms with Gasteiger partial charge in [-0.3, -0.25) is 19.5 Å². The molecule has 0 atom stereocenters. The number of hydrogen-bond donors (Lipinski definition) is 0. The van der Waals surface area contributed by atoms with Gasteiger partial charge in [0.1, 0.15) is 0 Å². The first-order chi connectivity index (χ1) is 9.32. The van der Waals surface area contributed by atoms with Crippen LogP contribution in [0.4, 0.5) is 5.69 Å². The van der Waals surface area contributed by atoms with Crippen molar-refractivity contribution in [3.05, 3.63) is 68.6 Å². The molecule has 1 aromatic carbocycles. The van der Waals surface area contributed by atoms with Gasteiger partial charge >= 0.3 is 11.2 Å². The Hall–Kier alpha value is -2.43. The van der Waals surface area contributed by atoms with Crippen LogP contribution in [-0.2, 0) is 5.41 Å². The maximum absolute atomic E-state index is 12.4. The molecule has 104 valence electrons. The molecule has 0 amide bonds. The number of para-hydroxylation sites is 1. The molecule has 0 aliphatic carbocycles. The number of aromatic nitrogens is 1. The summed E-state index contributed by atoms with van der Waals surface area (Å²) in [7, 11) is 0. The lowest BCUT2D eigenvalue weighted by atomic mass is 9.86. The molecule has 5 heteroatoms. The van der Waals surface area contributed by atoms with E-state index in [1.54, 1.807) is 36.5 Å². The third kappa shape index (κ3) is 2.47. The van der Waals surface area contributed by atoms with Gasteiger partial charge in [0.05, 0.1) is 4.92 Å². The van der Waals surface area contributed by atoms with E-state index in [4.69, 9.17) is 0 Å². The van der Waals surface area contributed by atoms with Gasteiger partial charge in [0.2, 0.25) is 0 Å². The van der Waals surface area contributed by atoms with Crippen molar-refractivity contribution in [3.63, 3.8) is 0 Å². The zero-order valence-electron chi connectivity index (χ0n) is 11.7. The summed E-state index contributed by atoms with van der Waals surface area (Å²) in [6.07, 6.45) is 1.59. The molecule has 0 unspecified atom stereocenters. The van der Waals surface area contributed by atoms with E-state index in [0.29, 0.717) is 11.3 Å². The Kier molecular flexibility index (Phi) is 3.44. The summed E-state index contributed by atoms with van der Waals surface area (Å²) >= 11 is 0. The van der Waals surface area contributed by atoms with E-state index in [2.05, 4.69) is 0 Å². The van der Waals surface area contributed by atoms with Crippen LogP contribution in [0.3, 0.4) is 0 Å². The Balaban J connectivity index is 2.75. The molecule has 1 heterocycles. The third-order valence-electron chi connectivity index (χ3n) is 3.09. The van der Waals surface area contributed by atoms with Crippen LogP contribution in [0, 0.1) is 10.1 Å². The number of rotatable bonds is 2. The number of nitro groups is 1. The summed E-state index contributed by atoms with van der Waals surface area (Å²) in [5.41, 5.74) is -0.365. The first kappa shape index (κ1) is 14.0. The quantitative estimate of drug-likeness (QED) is 0.623. The van der Waals surface area contributed by atoms with Crippen molar-refractivity contribution >= 4 is 5.69 Å². The highest BCUT2D eigenvalue weighted by atomic mass is 16.6. The molecule has 0 saturated heterocycles. The average molecular weight is 272 g/mol. The van der Waals surface area contributed by atoms with Crippen LogP contribution < -0.4 is 5.56 Å². The third-order valence-corrected chi connectivity index (χ3v) is 3.09. The summed E-state index contributed by atoms with van der Waals surface area (Å²) in [6.45, 7) is 5.55. The molecular weight excluding hydrogens is 256 g/mol. The van der Waals surface area contributed by atoms with Gasteiger partial charge < -0.3 is 0 Å². The topological polar surface area (TPSA) is 65.1 Å². The van der Waals surface area contributed by atoms with Crippen molar-refractivity contribution in [2.45, 2.75) is 26.2 Å². The summed E-state index contributed by atoms with van der Waals surface area (Å²) in [5.74, 6) is 0. The highest BCUT2D eigenvalue weighted by Gasteiger charge is 2.29. The van der Waals surface area contributed by atoms with Crippen molar-refractivity contribution in [2.24, 2.45) is 0 Å². The maximum atomic E-state index is 12.4. The molecule has 0 aliphatic heterocycles. The minimum atomic E-state index is -0.603. The molecule has 0 N–H and O–H groups in total. The average Bonchev–Trinajstić information content (AvgIpc) is 2.37. The molecule has 2 rings (SSSR count). The van der Waals surface area contributed by atoms with E-state index in [1.807, 2.05) is 26.8 Å². The first-order valence-electron chi connectivity index (χ1n) is 6.28. The lowest BCUT2D eigenvalue weighted by Crippen LogP contribution is -2.26. The Morgan fingerprint density at radius 2 is 1.70 bits per heavy atom. The molecule has 0 spiro atoms. The van der Waals surface area contributed by atoms with E-state index in [-0.39, 0.29) is 5.69 Å². The van der Waals surface area contributed by atoms with Gasteiger partial charge in [-0.05, 0) is 23.6 Å². The van der Waals surface area contributed by atoms with Crippen LogP contribution in [0.15, 0.2) is 47.4 Å². The first-order valence-corrected chi connectivity index (χ1v) is 6.28. The summed E-state index contributed by atoms with van der Waals surface area (Å²) in [5, 5.41) is 11.3. The second-order valence-corrected chi connectivity index (χ2v) is 5.60. The van der Waals surface area contributed by atoms with Crippen LogP contribution in [0.2, 0.25) is 0 Å². The molecule has 0 radical (unpaired) electrons. The maximum Gasteiger partial charge on any atom is 0.338 e. The monoisotopic (exact) mass is 272 g/mol. The van der Waals surface area contributed by atoms with Gasteiger partial charge in [0.15, 0.2) is 0 Å². The molecule has 1 aromatic heterocycles. The second kappa shape index (κ2) is 4.92. The standard InChI is InChI=1S/C15H16N2O3/c1-15(2,3)12-9-10-16(11-7-5-4-6-8-11)14(18)13(12)17(19)20/h4-10H,1-3H3. The van der Waals surface area contributed by atoms with Gasteiger partial charge in [0, 0.05) is 17.4 Å². The lowest BCUT2D eigenvalue weighted by molar-refractivity contribution is -0.387.